The van der Waals surface area contributed by atoms with Gasteiger partial charge in [-0.1, -0.05) is 12.1 Å². The normalized spacial score (nSPS) is 11.2. The van der Waals surface area contributed by atoms with Crippen LogP contribution in [-0.4, -0.2) is 26.0 Å². The second-order valence-electron chi connectivity index (χ2n) is 5.01. The zero-order chi connectivity index (χ0) is 17.0. The minimum absolute atomic E-state index is 0.0919. The minimum Gasteiger partial charge on any atom is -0.481 e. The molecule has 2 aromatic rings. The molecule has 0 aromatic heterocycles. The number of anilines is 1. The van der Waals surface area contributed by atoms with Crippen molar-refractivity contribution in [1.29, 1.82) is 0 Å². The van der Waals surface area contributed by atoms with Gasteiger partial charge in [0, 0.05) is 6.54 Å². The van der Waals surface area contributed by atoms with Crippen LogP contribution in [-0.2, 0) is 14.8 Å². The molecule has 1 N–H and O–H groups in total. The molecule has 0 radical (unpaired) electrons. The maximum atomic E-state index is 13.0. The highest BCUT2D eigenvalue weighted by Crippen LogP contribution is 2.25. The van der Waals surface area contributed by atoms with E-state index in [2.05, 4.69) is 0 Å². The number of halogens is 1. The molecule has 0 aliphatic heterocycles. The number of rotatable bonds is 6. The molecule has 2 aromatic carbocycles. The predicted octanol–water partition coefficient (Wildman–Crippen LogP) is 2.80. The lowest BCUT2D eigenvalue weighted by molar-refractivity contribution is -0.136. The van der Waals surface area contributed by atoms with Crippen LogP contribution >= 0.6 is 0 Å². The molecule has 0 spiro atoms. The Kier molecular flexibility index (Phi) is 5.00. The molecule has 0 aliphatic rings. The molecule has 2 rings (SSSR count). The van der Waals surface area contributed by atoms with Gasteiger partial charge in [0.15, 0.2) is 0 Å². The average molecular weight is 337 g/mol. The van der Waals surface area contributed by atoms with E-state index in [-0.39, 0.29) is 17.9 Å². The van der Waals surface area contributed by atoms with E-state index < -0.39 is 21.8 Å². The van der Waals surface area contributed by atoms with Crippen LogP contribution in [0.2, 0.25) is 0 Å². The van der Waals surface area contributed by atoms with Crippen molar-refractivity contribution in [3.63, 3.8) is 0 Å². The third-order valence-corrected chi connectivity index (χ3v) is 5.06. The number of nitrogens with zero attached hydrogens (tertiary/aromatic N) is 1. The smallest absolute Gasteiger partial charge is 0.305 e. The molecule has 122 valence electrons. The number of sulfonamides is 1. The predicted molar refractivity (Wildman–Crippen MR) is 84.4 cm³/mol. The van der Waals surface area contributed by atoms with Gasteiger partial charge < -0.3 is 5.11 Å². The highest BCUT2D eigenvalue weighted by molar-refractivity contribution is 7.92. The summed E-state index contributed by atoms with van der Waals surface area (Å²) in [6.45, 7) is 1.60. The van der Waals surface area contributed by atoms with Crippen molar-refractivity contribution in [3.05, 3.63) is 59.9 Å². The molecule has 0 saturated heterocycles. The largest absolute Gasteiger partial charge is 0.481 e. The molecule has 0 bridgehead atoms. The SMILES string of the molecule is Cc1cccc(N(CCC(=O)O)S(=O)(=O)c2ccc(F)cc2)c1. The molecular weight excluding hydrogens is 321 g/mol. The van der Waals surface area contributed by atoms with Crippen LogP contribution in [0.5, 0.6) is 0 Å². The summed E-state index contributed by atoms with van der Waals surface area (Å²) in [7, 11) is -3.98. The van der Waals surface area contributed by atoms with Gasteiger partial charge in [0.2, 0.25) is 0 Å². The minimum atomic E-state index is -3.98. The Hall–Kier alpha value is -2.41. The third kappa shape index (κ3) is 4.07. The number of carbonyl (C=O) groups is 1. The molecule has 0 unspecified atom stereocenters. The second-order valence-corrected chi connectivity index (χ2v) is 6.88. The summed E-state index contributed by atoms with van der Waals surface area (Å²) in [6, 6.07) is 11.2. The summed E-state index contributed by atoms with van der Waals surface area (Å²) in [6.07, 6.45) is -0.339. The van der Waals surface area contributed by atoms with Crippen molar-refractivity contribution < 1.29 is 22.7 Å². The van der Waals surface area contributed by atoms with E-state index in [4.69, 9.17) is 5.11 Å². The lowest BCUT2D eigenvalue weighted by atomic mass is 10.2. The molecule has 7 heteroatoms. The van der Waals surface area contributed by atoms with Crippen molar-refractivity contribution >= 4 is 21.7 Å². The van der Waals surface area contributed by atoms with Crippen molar-refractivity contribution in [1.82, 2.24) is 0 Å². The van der Waals surface area contributed by atoms with Crippen LogP contribution in [0.25, 0.3) is 0 Å². The molecule has 0 aliphatic carbocycles. The standard InChI is InChI=1S/C16H16FNO4S/c1-12-3-2-4-14(11-12)18(10-9-16(19)20)23(21,22)15-7-5-13(17)6-8-15/h2-8,11H,9-10H2,1H3,(H,19,20). The fourth-order valence-electron chi connectivity index (χ4n) is 2.10. The highest BCUT2D eigenvalue weighted by Gasteiger charge is 2.25. The summed E-state index contributed by atoms with van der Waals surface area (Å²) in [5.41, 5.74) is 1.22. The number of aliphatic carboxylic acids is 1. The van der Waals surface area contributed by atoms with Crippen molar-refractivity contribution in [3.8, 4) is 0 Å². The Balaban J connectivity index is 2.47. The lowest BCUT2D eigenvalue weighted by Gasteiger charge is -2.24. The molecule has 0 fully saturated rings. The van der Waals surface area contributed by atoms with E-state index >= 15 is 0 Å². The van der Waals surface area contributed by atoms with Gasteiger partial charge in [-0.3, -0.25) is 9.10 Å². The van der Waals surface area contributed by atoms with Gasteiger partial charge >= 0.3 is 5.97 Å². The maximum absolute atomic E-state index is 13.0. The van der Waals surface area contributed by atoms with Crippen molar-refractivity contribution in [2.45, 2.75) is 18.2 Å². The molecule has 5 nitrogen and oxygen atoms in total. The van der Waals surface area contributed by atoms with E-state index in [1.165, 1.54) is 0 Å². The van der Waals surface area contributed by atoms with Crippen LogP contribution < -0.4 is 4.31 Å². The van der Waals surface area contributed by atoms with Gasteiger partial charge in [0.25, 0.3) is 10.0 Å². The molecular formula is C16H16FNO4S. The maximum Gasteiger partial charge on any atom is 0.305 e. The first-order valence-electron chi connectivity index (χ1n) is 6.87. The Morgan fingerprint density at radius 3 is 2.39 bits per heavy atom. The van der Waals surface area contributed by atoms with Gasteiger partial charge in [0.1, 0.15) is 5.82 Å². The molecule has 0 heterocycles. The fourth-order valence-corrected chi connectivity index (χ4v) is 3.56. The van der Waals surface area contributed by atoms with Crippen molar-refractivity contribution in [2.75, 3.05) is 10.8 Å². The Morgan fingerprint density at radius 1 is 1.17 bits per heavy atom. The fraction of sp³-hybridized carbons (Fsp3) is 0.188. The molecule has 0 saturated carbocycles. The van der Waals surface area contributed by atoms with E-state index in [1.807, 2.05) is 13.0 Å². The van der Waals surface area contributed by atoms with Gasteiger partial charge in [-0.2, -0.15) is 0 Å². The number of carboxylic acids is 1. The summed E-state index contributed by atoms with van der Waals surface area (Å²) >= 11 is 0. The number of hydrogen-bond acceptors (Lipinski definition) is 3. The summed E-state index contributed by atoms with van der Waals surface area (Å²) in [5.74, 6) is -1.64. The number of hydrogen-bond donors (Lipinski definition) is 1. The average Bonchev–Trinajstić information content (AvgIpc) is 2.47. The monoisotopic (exact) mass is 337 g/mol. The second kappa shape index (κ2) is 6.78. The van der Waals surface area contributed by atoms with Gasteiger partial charge in [-0.05, 0) is 48.9 Å². The van der Waals surface area contributed by atoms with Crippen LogP contribution in [0.15, 0.2) is 53.4 Å². The van der Waals surface area contributed by atoms with Crippen molar-refractivity contribution in [2.24, 2.45) is 0 Å². The number of benzene rings is 2. The van der Waals surface area contributed by atoms with Crippen LogP contribution in [0.3, 0.4) is 0 Å². The highest BCUT2D eigenvalue weighted by atomic mass is 32.2. The Labute approximate surface area is 134 Å². The van der Waals surface area contributed by atoms with E-state index in [0.717, 1.165) is 34.1 Å². The van der Waals surface area contributed by atoms with E-state index in [0.29, 0.717) is 5.69 Å². The van der Waals surface area contributed by atoms with Gasteiger partial charge in [0.05, 0.1) is 17.0 Å². The first-order valence-corrected chi connectivity index (χ1v) is 8.31. The lowest BCUT2D eigenvalue weighted by Crippen LogP contribution is -2.33. The first-order chi connectivity index (χ1) is 10.8. The molecule has 0 amide bonds. The summed E-state index contributed by atoms with van der Waals surface area (Å²) in [5, 5.41) is 8.87. The molecule has 0 atom stereocenters. The van der Waals surface area contributed by atoms with Gasteiger partial charge in [-0.25, -0.2) is 12.8 Å². The topological polar surface area (TPSA) is 74.7 Å². The number of carboxylic acid groups (broad SMARTS) is 1. The zero-order valence-corrected chi connectivity index (χ0v) is 13.3. The molecule has 23 heavy (non-hydrogen) atoms. The quantitative estimate of drug-likeness (QED) is 0.879. The third-order valence-electron chi connectivity index (χ3n) is 3.22. The van der Waals surface area contributed by atoms with Crippen LogP contribution in [0.4, 0.5) is 10.1 Å². The van der Waals surface area contributed by atoms with E-state index in [9.17, 15) is 17.6 Å². The Bertz CT molecular complexity index is 803. The summed E-state index contributed by atoms with van der Waals surface area (Å²) < 4.78 is 39.6. The van der Waals surface area contributed by atoms with Crippen LogP contribution in [0.1, 0.15) is 12.0 Å². The number of aryl methyl sites for hydroxylation is 1. The van der Waals surface area contributed by atoms with Crippen LogP contribution in [0, 0.1) is 12.7 Å². The Morgan fingerprint density at radius 2 is 1.83 bits per heavy atom. The van der Waals surface area contributed by atoms with E-state index in [1.54, 1.807) is 18.2 Å². The van der Waals surface area contributed by atoms with Gasteiger partial charge in [-0.15, -0.1) is 0 Å². The zero-order valence-electron chi connectivity index (χ0n) is 12.4. The first kappa shape index (κ1) is 17.0. The summed E-state index contributed by atoms with van der Waals surface area (Å²) in [4.78, 5) is 10.7.